The van der Waals surface area contributed by atoms with E-state index in [9.17, 15) is 13.2 Å². The smallest absolute Gasteiger partial charge is 0.152 e. The van der Waals surface area contributed by atoms with Crippen LogP contribution in [0, 0.1) is 6.92 Å². The SMILES string of the molecule is Cc1cc(N2C[C@H](C)O[C@H](C)C2C)ccc1CC(=O)CCCCCS(=O)(=O)C(C)C. The molecule has 0 aliphatic carbocycles. The summed E-state index contributed by atoms with van der Waals surface area (Å²) in [6, 6.07) is 6.69. The molecule has 1 aliphatic rings. The van der Waals surface area contributed by atoms with E-state index in [1.165, 1.54) is 5.69 Å². The van der Waals surface area contributed by atoms with E-state index >= 15 is 0 Å². The van der Waals surface area contributed by atoms with E-state index in [0.717, 1.165) is 30.5 Å². The second kappa shape index (κ2) is 10.8. The van der Waals surface area contributed by atoms with Gasteiger partial charge in [0.2, 0.25) is 0 Å². The van der Waals surface area contributed by atoms with Crippen LogP contribution in [0.1, 0.15) is 71.4 Å². The number of aryl methyl sites for hydroxylation is 1. The number of anilines is 1. The Bertz CT molecular complexity index is 818. The highest BCUT2D eigenvalue weighted by molar-refractivity contribution is 7.91. The Morgan fingerprint density at radius 1 is 1.17 bits per heavy atom. The fourth-order valence-corrected chi connectivity index (χ4v) is 5.03. The molecular weight excluding hydrogens is 398 g/mol. The van der Waals surface area contributed by atoms with E-state index < -0.39 is 9.84 Å². The molecule has 0 radical (unpaired) electrons. The van der Waals surface area contributed by atoms with Gasteiger partial charge in [-0.15, -0.1) is 0 Å². The Labute approximate surface area is 183 Å². The first-order valence-electron chi connectivity index (χ1n) is 11.3. The van der Waals surface area contributed by atoms with Crippen molar-refractivity contribution in [3.63, 3.8) is 0 Å². The van der Waals surface area contributed by atoms with Crippen LogP contribution < -0.4 is 4.90 Å². The molecule has 1 saturated heterocycles. The summed E-state index contributed by atoms with van der Waals surface area (Å²) in [5, 5.41) is -0.322. The first-order valence-corrected chi connectivity index (χ1v) is 13.0. The highest BCUT2D eigenvalue weighted by Crippen LogP contribution is 2.27. The summed E-state index contributed by atoms with van der Waals surface area (Å²) in [4.78, 5) is 14.8. The van der Waals surface area contributed by atoms with E-state index in [1.807, 2.05) is 0 Å². The molecule has 0 spiro atoms. The molecule has 1 aromatic rings. The highest BCUT2D eigenvalue weighted by Gasteiger charge is 2.29. The molecule has 0 saturated carbocycles. The van der Waals surface area contributed by atoms with Crippen LogP contribution in [0.4, 0.5) is 5.69 Å². The molecule has 3 atom stereocenters. The van der Waals surface area contributed by atoms with E-state index in [2.05, 4.69) is 50.8 Å². The van der Waals surface area contributed by atoms with Crippen LogP contribution in [0.15, 0.2) is 18.2 Å². The molecule has 0 amide bonds. The lowest BCUT2D eigenvalue weighted by Crippen LogP contribution is -2.52. The van der Waals surface area contributed by atoms with Crippen molar-refractivity contribution in [2.75, 3.05) is 17.2 Å². The minimum Gasteiger partial charge on any atom is -0.372 e. The third kappa shape index (κ3) is 6.81. The molecule has 5 nitrogen and oxygen atoms in total. The minimum atomic E-state index is -2.97. The molecule has 2 rings (SSSR count). The molecule has 1 heterocycles. The number of ether oxygens (including phenoxy) is 1. The first-order chi connectivity index (χ1) is 14.0. The third-order valence-corrected chi connectivity index (χ3v) is 8.51. The summed E-state index contributed by atoms with van der Waals surface area (Å²) < 4.78 is 29.6. The predicted octanol–water partition coefficient (Wildman–Crippen LogP) is 4.49. The molecule has 1 aliphatic heterocycles. The Morgan fingerprint density at radius 3 is 2.50 bits per heavy atom. The summed E-state index contributed by atoms with van der Waals surface area (Å²) in [7, 11) is -2.97. The maximum atomic E-state index is 12.4. The van der Waals surface area contributed by atoms with Crippen molar-refractivity contribution >= 4 is 21.3 Å². The number of hydrogen-bond donors (Lipinski definition) is 0. The number of sulfone groups is 1. The predicted molar refractivity (Wildman–Crippen MR) is 124 cm³/mol. The number of carbonyl (C=O) groups excluding carboxylic acids is 1. The number of Topliss-reactive ketones (excluding diaryl/α,β-unsaturated/α-hetero) is 1. The van der Waals surface area contributed by atoms with Gasteiger partial charge in [0.05, 0.1) is 29.3 Å². The van der Waals surface area contributed by atoms with Crippen molar-refractivity contribution in [3.8, 4) is 0 Å². The molecular formula is C24H39NO4S. The number of carbonyl (C=O) groups is 1. The van der Waals surface area contributed by atoms with Crippen LogP contribution >= 0.6 is 0 Å². The fourth-order valence-electron chi connectivity index (χ4n) is 3.96. The van der Waals surface area contributed by atoms with Gasteiger partial charge in [0, 0.05) is 25.1 Å². The first kappa shape index (κ1) is 24.9. The Kier molecular flexibility index (Phi) is 8.92. The zero-order valence-corrected chi connectivity index (χ0v) is 20.3. The second-order valence-corrected chi connectivity index (χ2v) is 11.8. The number of rotatable bonds is 10. The Hall–Kier alpha value is -1.40. The van der Waals surface area contributed by atoms with Crippen LogP contribution in [0.25, 0.3) is 0 Å². The van der Waals surface area contributed by atoms with E-state index in [1.54, 1.807) is 13.8 Å². The summed E-state index contributed by atoms with van der Waals surface area (Å²) in [6.07, 6.45) is 3.52. The molecule has 6 heteroatoms. The van der Waals surface area contributed by atoms with E-state index in [-0.39, 0.29) is 29.0 Å². The van der Waals surface area contributed by atoms with Gasteiger partial charge in [-0.2, -0.15) is 0 Å². The monoisotopic (exact) mass is 437 g/mol. The van der Waals surface area contributed by atoms with E-state index in [4.69, 9.17) is 4.74 Å². The van der Waals surface area contributed by atoms with Gasteiger partial charge in [-0.05, 0) is 77.6 Å². The van der Waals surface area contributed by atoms with Gasteiger partial charge in [0.1, 0.15) is 5.78 Å². The number of unbranched alkanes of at least 4 members (excludes halogenated alkanes) is 2. The number of nitrogens with zero attached hydrogens (tertiary/aromatic N) is 1. The van der Waals surface area contributed by atoms with Crippen molar-refractivity contribution in [2.45, 2.75) is 97.1 Å². The normalized spacial score (nSPS) is 22.5. The molecule has 170 valence electrons. The van der Waals surface area contributed by atoms with Gasteiger partial charge < -0.3 is 9.64 Å². The van der Waals surface area contributed by atoms with E-state index in [0.29, 0.717) is 25.3 Å². The molecule has 0 bridgehead atoms. The van der Waals surface area contributed by atoms with Crippen molar-refractivity contribution in [2.24, 2.45) is 0 Å². The summed E-state index contributed by atoms with van der Waals surface area (Å²) in [6.45, 7) is 12.8. The van der Waals surface area contributed by atoms with Crippen LogP contribution in [0.5, 0.6) is 0 Å². The summed E-state index contributed by atoms with van der Waals surface area (Å²) in [5.74, 6) is 0.441. The van der Waals surface area contributed by atoms with Gasteiger partial charge in [-0.3, -0.25) is 4.79 Å². The van der Waals surface area contributed by atoms with Gasteiger partial charge in [0.15, 0.2) is 9.84 Å². The molecule has 0 N–H and O–H groups in total. The molecule has 30 heavy (non-hydrogen) atoms. The van der Waals surface area contributed by atoms with Crippen molar-refractivity contribution in [3.05, 3.63) is 29.3 Å². The largest absolute Gasteiger partial charge is 0.372 e. The number of hydrogen-bond acceptors (Lipinski definition) is 5. The second-order valence-electron chi connectivity index (χ2n) is 9.10. The molecule has 1 unspecified atom stereocenters. The van der Waals surface area contributed by atoms with Crippen LogP contribution in [0.3, 0.4) is 0 Å². The average Bonchev–Trinajstić information content (AvgIpc) is 2.65. The molecule has 1 aromatic carbocycles. The summed E-state index contributed by atoms with van der Waals surface area (Å²) in [5.41, 5.74) is 3.40. The van der Waals surface area contributed by atoms with Crippen molar-refractivity contribution < 1.29 is 17.9 Å². The number of morpholine rings is 1. The Morgan fingerprint density at radius 2 is 1.87 bits per heavy atom. The maximum Gasteiger partial charge on any atom is 0.152 e. The van der Waals surface area contributed by atoms with Crippen LogP contribution in [0.2, 0.25) is 0 Å². The quantitative estimate of drug-likeness (QED) is 0.505. The van der Waals surface area contributed by atoms with Gasteiger partial charge in [-0.1, -0.05) is 12.5 Å². The topological polar surface area (TPSA) is 63.7 Å². The fraction of sp³-hybridized carbons (Fsp3) is 0.708. The molecule has 0 aromatic heterocycles. The summed E-state index contributed by atoms with van der Waals surface area (Å²) >= 11 is 0. The van der Waals surface area contributed by atoms with Crippen molar-refractivity contribution in [1.29, 1.82) is 0 Å². The van der Waals surface area contributed by atoms with Crippen LogP contribution in [-0.4, -0.2) is 50.0 Å². The van der Waals surface area contributed by atoms with Gasteiger partial charge >= 0.3 is 0 Å². The van der Waals surface area contributed by atoms with Gasteiger partial charge in [0.25, 0.3) is 0 Å². The lowest BCUT2D eigenvalue weighted by molar-refractivity contribution is -0.118. The van der Waals surface area contributed by atoms with Crippen molar-refractivity contribution in [1.82, 2.24) is 0 Å². The zero-order valence-electron chi connectivity index (χ0n) is 19.5. The zero-order chi connectivity index (χ0) is 22.5. The third-order valence-electron chi connectivity index (χ3n) is 6.22. The molecule has 1 fully saturated rings. The van der Waals surface area contributed by atoms with Gasteiger partial charge in [-0.25, -0.2) is 8.42 Å². The van der Waals surface area contributed by atoms with Crippen LogP contribution in [-0.2, 0) is 25.8 Å². The lowest BCUT2D eigenvalue weighted by atomic mass is 9.98. The number of ketones is 1. The minimum absolute atomic E-state index is 0.186. The maximum absolute atomic E-state index is 12.4. The highest BCUT2D eigenvalue weighted by atomic mass is 32.2. The number of benzene rings is 1. The Balaban J connectivity index is 1.85. The average molecular weight is 438 g/mol. The standard InChI is InChI=1S/C24H39NO4S/c1-17(2)30(27,28)13-9-7-8-10-24(26)15-22-11-12-23(14-18(22)3)25-16-19(4)29-21(6)20(25)5/h11-12,14,17,19-21H,7-10,13,15-16H2,1-6H3/t19-,20?,21+/m0/s1. The lowest BCUT2D eigenvalue weighted by Gasteiger charge is -2.42.